The number of carbonyl (C=O) groups is 1. The number of hydrogen-bond acceptors (Lipinski definition) is 2. The van der Waals surface area contributed by atoms with Gasteiger partial charge in [0.15, 0.2) is 0 Å². The Kier molecular flexibility index (Phi) is 3.19. The van der Waals surface area contributed by atoms with E-state index in [1.807, 2.05) is 5.38 Å². The molecule has 0 bridgehead atoms. The predicted molar refractivity (Wildman–Crippen MR) is 58.1 cm³/mol. The summed E-state index contributed by atoms with van der Waals surface area (Å²) < 4.78 is 0. The van der Waals surface area contributed by atoms with Gasteiger partial charge >= 0.3 is 0 Å². The van der Waals surface area contributed by atoms with Crippen LogP contribution in [-0.2, 0) is 11.3 Å². The van der Waals surface area contributed by atoms with Crippen molar-refractivity contribution in [3.63, 3.8) is 0 Å². The quantitative estimate of drug-likeness (QED) is 0.814. The second-order valence-electron chi connectivity index (χ2n) is 3.83. The van der Waals surface area contributed by atoms with Crippen LogP contribution in [0.15, 0.2) is 16.8 Å². The second kappa shape index (κ2) is 4.60. The number of amides is 1. The van der Waals surface area contributed by atoms with Crippen molar-refractivity contribution in [3.8, 4) is 0 Å². The lowest BCUT2D eigenvalue weighted by atomic mass is 10.1. The molecule has 1 N–H and O–H groups in total. The maximum absolute atomic E-state index is 11.6. The minimum atomic E-state index is 0.244. The van der Waals surface area contributed by atoms with E-state index in [0.29, 0.717) is 6.54 Å². The Morgan fingerprint density at radius 1 is 1.50 bits per heavy atom. The zero-order chi connectivity index (χ0) is 9.80. The van der Waals surface area contributed by atoms with Gasteiger partial charge in [-0.25, -0.2) is 0 Å². The standard InChI is InChI=1S/C11H15NOS/c13-11(10-3-1-2-4-10)12-7-9-5-6-14-8-9/h5-6,8,10H,1-4,7H2,(H,12,13). The smallest absolute Gasteiger partial charge is 0.223 e. The third-order valence-electron chi connectivity index (χ3n) is 2.77. The van der Waals surface area contributed by atoms with Gasteiger partial charge in [-0.05, 0) is 35.2 Å². The molecule has 14 heavy (non-hydrogen) atoms. The maximum Gasteiger partial charge on any atom is 0.223 e. The van der Waals surface area contributed by atoms with Gasteiger partial charge in [-0.3, -0.25) is 4.79 Å². The Labute approximate surface area is 88.3 Å². The highest BCUT2D eigenvalue weighted by molar-refractivity contribution is 7.07. The fourth-order valence-corrected chi connectivity index (χ4v) is 2.58. The van der Waals surface area contributed by atoms with E-state index >= 15 is 0 Å². The zero-order valence-corrected chi connectivity index (χ0v) is 8.98. The van der Waals surface area contributed by atoms with E-state index in [2.05, 4.69) is 16.8 Å². The average Bonchev–Trinajstić information content (AvgIpc) is 2.87. The summed E-state index contributed by atoms with van der Waals surface area (Å²) in [5, 5.41) is 7.11. The van der Waals surface area contributed by atoms with E-state index in [1.165, 1.54) is 18.4 Å². The molecule has 0 saturated heterocycles. The molecule has 2 nitrogen and oxygen atoms in total. The van der Waals surface area contributed by atoms with Gasteiger partial charge in [-0.2, -0.15) is 11.3 Å². The van der Waals surface area contributed by atoms with E-state index < -0.39 is 0 Å². The van der Waals surface area contributed by atoms with Crippen molar-refractivity contribution in [2.24, 2.45) is 5.92 Å². The lowest BCUT2D eigenvalue weighted by molar-refractivity contribution is -0.124. The molecule has 1 fully saturated rings. The minimum Gasteiger partial charge on any atom is -0.352 e. The molecular formula is C11H15NOS. The molecule has 0 atom stereocenters. The summed E-state index contributed by atoms with van der Waals surface area (Å²) in [6.07, 6.45) is 4.60. The van der Waals surface area contributed by atoms with Gasteiger partial charge in [-0.15, -0.1) is 0 Å². The second-order valence-corrected chi connectivity index (χ2v) is 4.61. The molecule has 1 amide bonds. The summed E-state index contributed by atoms with van der Waals surface area (Å²) in [7, 11) is 0. The van der Waals surface area contributed by atoms with Crippen LogP contribution in [0.1, 0.15) is 31.2 Å². The molecule has 2 rings (SSSR count). The number of thiophene rings is 1. The number of carbonyl (C=O) groups excluding carboxylic acids is 1. The van der Waals surface area contributed by atoms with Crippen molar-refractivity contribution in [1.82, 2.24) is 5.32 Å². The lowest BCUT2D eigenvalue weighted by Crippen LogP contribution is -2.28. The normalized spacial score (nSPS) is 17.1. The largest absolute Gasteiger partial charge is 0.352 e. The Hall–Kier alpha value is -0.830. The molecular weight excluding hydrogens is 194 g/mol. The van der Waals surface area contributed by atoms with Crippen LogP contribution in [0, 0.1) is 5.92 Å². The molecule has 0 aliphatic heterocycles. The molecule has 0 unspecified atom stereocenters. The molecule has 0 aromatic carbocycles. The van der Waals surface area contributed by atoms with E-state index in [9.17, 15) is 4.79 Å². The molecule has 1 aromatic rings. The third-order valence-corrected chi connectivity index (χ3v) is 3.50. The van der Waals surface area contributed by atoms with Crippen LogP contribution in [0.3, 0.4) is 0 Å². The Balaban J connectivity index is 1.77. The molecule has 0 radical (unpaired) electrons. The predicted octanol–water partition coefficient (Wildman–Crippen LogP) is 2.55. The molecule has 1 saturated carbocycles. The molecule has 3 heteroatoms. The minimum absolute atomic E-state index is 0.244. The summed E-state index contributed by atoms with van der Waals surface area (Å²) in [5.41, 5.74) is 1.21. The van der Waals surface area contributed by atoms with Gasteiger partial charge in [-0.1, -0.05) is 12.8 Å². The Morgan fingerprint density at radius 3 is 2.93 bits per heavy atom. The van der Waals surface area contributed by atoms with Gasteiger partial charge in [0, 0.05) is 12.5 Å². The van der Waals surface area contributed by atoms with Crippen LogP contribution in [-0.4, -0.2) is 5.91 Å². The van der Waals surface area contributed by atoms with Crippen LogP contribution in [0.25, 0.3) is 0 Å². The summed E-state index contributed by atoms with van der Waals surface area (Å²) in [6, 6.07) is 2.06. The maximum atomic E-state index is 11.6. The summed E-state index contributed by atoms with van der Waals surface area (Å²) >= 11 is 1.67. The molecule has 1 heterocycles. The Morgan fingerprint density at radius 2 is 2.29 bits per heavy atom. The molecule has 1 aromatic heterocycles. The molecule has 76 valence electrons. The van der Waals surface area contributed by atoms with Crippen LogP contribution < -0.4 is 5.32 Å². The summed E-state index contributed by atoms with van der Waals surface area (Å²) in [6.45, 7) is 0.693. The molecule has 1 aliphatic rings. The van der Waals surface area contributed by atoms with Crippen molar-refractivity contribution >= 4 is 17.2 Å². The van der Waals surface area contributed by atoms with Crippen molar-refractivity contribution in [3.05, 3.63) is 22.4 Å². The number of rotatable bonds is 3. The van der Waals surface area contributed by atoms with Gasteiger partial charge in [0.2, 0.25) is 5.91 Å². The van der Waals surface area contributed by atoms with E-state index in [1.54, 1.807) is 11.3 Å². The van der Waals surface area contributed by atoms with Crippen molar-refractivity contribution < 1.29 is 4.79 Å². The van der Waals surface area contributed by atoms with Gasteiger partial charge < -0.3 is 5.32 Å². The van der Waals surface area contributed by atoms with E-state index in [0.717, 1.165) is 12.8 Å². The fourth-order valence-electron chi connectivity index (χ4n) is 1.91. The lowest BCUT2D eigenvalue weighted by Gasteiger charge is -2.09. The van der Waals surface area contributed by atoms with Crippen molar-refractivity contribution in [2.45, 2.75) is 32.2 Å². The van der Waals surface area contributed by atoms with E-state index in [4.69, 9.17) is 0 Å². The first-order valence-corrected chi connectivity index (χ1v) is 6.09. The van der Waals surface area contributed by atoms with Crippen LogP contribution in [0.5, 0.6) is 0 Å². The van der Waals surface area contributed by atoms with Crippen LogP contribution in [0.2, 0.25) is 0 Å². The SMILES string of the molecule is O=C(NCc1ccsc1)C1CCCC1. The first-order valence-electron chi connectivity index (χ1n) is 5.15. The zero-order valence-electron chi connectivity index (χ0n) is 8.16. The van der Waals surface area contributed by atoms with Gasteiger partial charge in [0.05, 0.1) is 0 Å². The Bertz CT molecular complexity index is 288. The monoisotopic (exact) mass is 209 g/mol. The van der Waals surface area contributed by atoms with Gasteiger partial charge in [0.1, 0.15) is 0 Å². The highest BCUT2D eigenvalue weighted by Gasteiger charge is 2.21. The van der Waals surface area contributed by atoms with Crippen LogP contribution in [0.4, 0.5) is 0 Å². The molecule has 0 spiro atoms. The molecule has 1 aliphatic carbocycles. The first kappa shape index (κ1) is 9.71. The van der Waals surface area contributed by atoms with Crippen LogP contribution >= 0.6 is 11.3 Å². The first-order chi connectivity index (χ1) is 6.86. The summed E-state index contributed by atoms with van der Waals surface area (Å²) in [5.74, 6) is 0.530. The van der Waals surface area contributed by atoms with Crippen molar-refractivity contribution in [2.75, 3.05) is 0 Å². The van der Waals surface area contributed by atoms with E-state index in [-0.39, 0.29) is 11.8 Å². The highest BCUT2D eigenvalue weighted by atomic mass is 32.1. The topological polar surface area (TPSA) is 29.1 Å². The number of hydrogen-bond donors (Lipinski definition) is 1. The van der Waals surface area contributed by atoms with Crippen molar-refractivity contribution in [1.29, 1.82) is 0 Å². The third kappa shape index (κ3) is 2.35. The average molecular weight is 209 g/mol. The van der Waals surface area contributed by atoms with Gasteiger partial charge in [0.25, 0.3) is 0 Å². The fraction of sp³-hybridized carbons (Fsp3) is 0.545. The number of nitrogens with one attached hydrogen (secondary N) is 1. The summed E-state index contributed by atoms with van der Waals surface area (Å²) in [4.78, 5) is 11.6. The highest BCUT2D eigenvalue weighted by Crippen LogP contribution is 2.24.